The molecular weight excluding hydrogens is 641 g/mol. The molecule has 2 nitrogen and oxygen atoms in total. The number of fused-ring (bicyclic) bond motifs is 8. The normalized spacial score (nSPS) is 16.5. The number of benzene rings is 7. The summed E-state index contributed by atoms with van der Waals surface area (Å²) in [6.45, 7) is 4.77. The zero-order valence-electron chi connectivity index (χ0n) is 30.2. The third kappa shape index (κ3) is 4.45. The molecule has 1 atom stereocenters. The molecule has 0 radical (unpaired) electrons. The fourth-order valence-corrected chi connectivity index (χ4v) is 9.84. The highest BCUT2D eigenvalue weighted by molar-refractivity contribution is 6.01. The number of allylic oxidation sites excluding steroid dienone is 2. The van der Waals surface area contributed by atoms with Gasteiger partial charge in [0.2, 0.25) is 0 Å². The highest BCUT2D eigenvalue weighted by Gasteiger charge is 2.37. The summed E-state index contributed by atoms with van der Waals surface area (Å²) in [7, 11) is 0. The minimum absolute atomic E-state index is 0.0587. The number of para-hydroxylation sites is 2. The molecule has 0 saturated carbocycles. The summed E-state index contributed by atoms with van der Waals surface area (Å²) in [5.41, 5.74) is 16.2. The van der Waals surface area contributed by atoms with Gasteiger partial charge in [-0.2, -0.15) is 0 Å². The molecule has 0 amide bonds. The summed E-state index contributed by atoms with van der Waals surface area (Å²) in [6, 6.07) is 52.0. The smallest absolute Gasteiger partial charge is 0.0578 e. The van der Waals surface area contributed by atoms with Crippen molar-refractivity contribution in [3.8, 4) is 5.69 Å². The molecule has 1 unspecified atom stereocenters. The van der Waals surface area contributed by atoms with E-state index in [0.717, 1.165) is 19.3 Å². The number of anilines is 3. The Bertz CT molecular complexity index is 2860. The van der Waals surface area contributed by atoms with E-state index < -0.39 is 0 Å². The molecule has 2 heterocycles. The summed E-state index contributed by atoms with van der Waals surface area (Å²) < 4.78 is 2.55. The van der Waals surface area contributed by atoms with Crippen LogP contribution in [0.4, 0.5) is 17.1 Å². The van der Waals surface area contributed by atoms with E-state index in [1.807, 2.05) is 0 Å². The Kier molecular flexibility index (Phi) is 6.58. The van der Waals surface area contributed by atoms with Crippen LogP contribution in [0.2, 0.25) is 0 Å². The van der Waals surface area contributed by atoms with E-state index in [1.165, 1.54) is 94.3 Å². The maximum atomic E-state index is 2.55. The Morgan fingerprint density at radius 2 is 1.38 bits per heavy atom. The minimum Gasteiger partial charge on any atom is -0.310 e. The molecule has 254 valence electrons. The summed E-state index contributed by atoms with van der Waals surface area (Å²) in [5.74, 6) is 0.284. The van der Waals surface area contributed by atoms with Gasteiger partial charge in [0, 0.05) is 39.2 Å². The van der Waals surface area contributed by atoms with Gasteiger partial charge in [-0.05, 0) is 105 Å². The predicted molar refractivity (Wildman–Crippen MR) is 224 cm³/mol. The van der Waals surface area contributed by atoms with E-state index in [1.54, 1.807) is 0 Å². The second kappa shape index (κ2) is 11.4. The summed E-state index contributed by atoms with van der Waals surface area (Å²) >= 11 is 0. The van der Waals surface area contributed by atoms with E-state index in [4.69, 9.17) is 0 Å². The first-order chi connectivity index (χ1) is 26.1. The van der Waals surface area contributed by atoms with Gasteiger partial charge in [-0.25, -0.2) is 0 Å². The fraction of sp³-hybridized carbons (Fsp3) is 0.137. The average Bonchev–Trinajstić information content (AvgIpc) is 3.54. The van der Waals surface area contributed by atoms with Gasteiger partial charge in [0.1, 0.15) is 0 Å². The van der Waals surface area contributed by atoms with Crippen LogP contribution in [-0.2, 0) is 18.3 Å². The highest BCUT2D eigenvalue weighted by Crippen LogP contribution is 2.50. The van der Waals surface area contributed by atoms with Crippen molar-refractivity contribution in [1.29, 1.82) is 0 Å². The molecule has 8 aromatic rings. The molecule has 3 aliphatic rings. The SMILES string of the molecule is CC1(C)c2ccccc2-n2c3c(c4cccc1c42)CC(c1ccc(N(c2ccc4ccccc4c2)c2cccc4ccccc24)c2c1C=CCC2)C=C3. The van der Waals surface area contributed by atoms with Crippen molar-refractivity contribution in [3.63, 3.8) is 0 Å². The van der Waals surface area contributed by atoms with Crippen LogP contribution in [0, 0.1) is 0 Å². The quantitative estimate of drug-likeness (QED) is 0.180. The van der Waals surface area contributed by atoms with Crippen molar-refractivity contribution in [3.05, 3.63) is 191 Å². The van der Waals surface area contributed by atoms with Crippen molar-refractivity contribution >= 4 is 61.7 Å². The van der Waals surface area contributed by atoms with E-state index in [0.29, 0.717) is 0 Å². The Morgan fingerprint density at radius 1 is 0.623 bits per heavy atom. The molecule has 2 heteroatoms. The van der Waals surface area contributed by atoms with Gasteiger partial charge < -0.3 is 9.47 Å². The molecular formula is C51H40N2. The van der Waals surface area contributed by atoms with Gasteiger partial charge in [0.25, 0.3) is 0 Å². The lowest BCUT2D eigenvalue weighted by Gasteiger charge is -2.35. The van der Waals surface area contributed by atoms with Crippen LogP contribution in [0.1, 0.15) is 65.3 Å². The van der Waals surface area contributed by atoms with Gasteiger partial charge in [0.05, 0.1) is 16.9 Å². The van der Waals surface area contributed by atoms with Crippen LogP contribution in [-0.4, -0.2) is 4.57 Å². The number of nitrogens with zero attached hydrogens (tertiary/aromatic N) is 2. The van der Waals surface area contributed by atoms with Crippen LogP contribution < -0.4 is 4.90 Å². The lowest BCUT2D eigenvalue weighted by atomic mass is 9.74. The summed E-state index contributed by atoms with van der Waals surface area (Å²) in [4.78, 5) is 2.52. The van der Waals surface area contributed by atoms with Crippen molar-refractivity contribution in [2.45, 2.75) is 44.4 Å². The number of hydrogen-bond acceptors (Lipinski definition) is 1. The maximum absolute atomic E-state index is 2.55. The molecule has 1 aliphatic heterocycles. The van der Waals surface area contributed by atoms with Gasteiger partial charge in [0.15, 0.2) is 0 Å². The zero-order chi connectivity index (χ0) is 35.3. The Balaban J connectivity index is 1.08. The zero-order valence-corrected chi connectivity index (χ0v) is 30.2. The van der Waals surface area contributed by atoms with Gasteiger partial charge in [-0.1, -0.05) is 141 Å². The standard InChI is InChI=1S/C51H40N2/c1-51(2)44-21-9-10-23-49(44)53-48-29-26-36(32-43(48)42-20-12-22-45(51)50(42)53)38-28-30-47(41-19-8-7-18-40(38)41)52(37-27-25-33-13-3-4-15-35(33)31-37)46-24-11-16-34-14-5-6-17-39(34)46/h3-7,9-18,20-31,36H,8,19,32H2,1-2H3. The molecule has 11 rings (SSSR count). The molecule has 7 aromatic carbocycles. The number of rotatable bonds is 4. The van der Waals surface area contributed by atoms with Gasteiger partial charge in [-0.15, -0.1) is 0 Å². The molecule has 1 aromatic heterocycles. The lowest BCUT2D eigenvalue weighted by molar-refractivity contribution is 0.628. The predicted octanol–water partition coefficient (Wildman–Crippen LogP) is 13.4. The first-order valence-corrected chi connectivity index (χ1v) is 19.1. The van der Waals surface area contributed by atoms with E-state index in [2.05, 4.69) is 187 Å². The number of hydrogen-bond donors (Lipinski definition) is 0. The fourth-order valence-electron chi connectivity index (χ4n) is 9.84. The van der Waals surface area contributed by atoms with Crippen molar-refractivity contribution in [2.24, 2.45) is 0 Å². The molecule has 0 saturated heterocycles. The Morgan fingerprint density at radius 3 is 2.30 bits per heavy atom. The molecule has 53 heavy (non-hydrogen) atoms. The van der Waals surface area contributed by atoms with Gasteiger partial charge in [-0.3, -0.25) is 0 Å². The Labute approximate surface area is 311 Å². The summed E-state index contributed by atoms with van der Waals surface area (Å²) in [5, 5.41) is 6.42. The monoisotopic (exact) mass is 680 g/mol. The molecule has 0 fully saturated rings. The Hall–Kier alpha value is -6.12. The third-order valence-electron chi connectivity index (χ3n) is 12.4. The van der Waals surface area contributed by atoms with E-state index >= 15 is 0 Å². The second-order valence-corrected chi connectivity index (χ2v) is 15.6. The van der Waals surface area contributed by atoms with Crippen LogP contribution in [0.3, 0.4) is 0 Å². The van der Waals surface area contributed by atoms with Crippen molar-refractivity contribution < 1.29 is 0 Å². The van der Waals surface area contributed by atoms with E-state index in [-0.39, 0.29) is 11.3 Å². The molecule has 2 aliphatic carbocycles. The number of aromatic nitrogens is 1. The van der Waals surface area contributed by atoms with E-state index in [9.17, 15) is 0 Å². The largest absolute Gasteiger partial charge is 0.310 e. The molecule has 0 bridgehead atoms. The first kappa shape index (κ1) is 30.5. The average molecular weight is 681 g/mol. The van der Waals surface area contributed by atoms with Crippen molar-refractivity contribution in [1.82, 2.24) is 4.57 Å². The lowest BCUT2D eigenvalue weighted by Crippen LogP contribution is -2.26. The van der Waals surface area contributed by atoms with Crippen LogP contribution in [0.25, 0.3) is 50.3 Å². The first-order valence-electron chi connectivity index (χ1n) is 19.1. The minimum atomic E-state index is -0.0587. The van der Waals surface area contributed by atoms with Gasteiger partial charge >= 0.3 is 0 Å². The third-order valence-corrected chi connectivity index (χ3v) is 12.4. The van der Waals surface area contributed by atoms with Crippen LogP contribution >= 0.6 is 0 Å². The topological polar surface area (TPSA) is 8.17 Å². The van der Waals surface area contributed by atoms with Crippen molar-refractivity contribution in [2.75, 3.05) is 4.90 Å². The molecule has 0 spiro atoms. The molecule has 0 N–H and O–H groups in total. The highest BCUT2D eigenvalue weighted by atomic mass is 15.1. The van der Waals surface area contributed by atoms with Crippen LogP contribution in [0.15, 0.2) is 152 Å². The summed E-state index contributed by atoms with van der Waals surface area (Å²) in [6.07, 6.45) is 12.7. The van der Waals surface area contributed by atoms with Crippen LogP contribution in [0.5, 0.6) is 0 Å². The maximum Gasteiger partial charge on any atom is 0.0578 e. The second-order valence-electron chi connectivity index (χ2n) is 15.6.